The van der Waals surface area contributed by atoms with E-state index in [1.54, 1.807) is 40.2 Å². The predicted molar refractivity (Wildman–Crippen MR) is 133 cm³/mol. The van der Waals surface area contributed by atoms with Crippen LogP contribution in [0.25, 0.3) is 12.2 Å². The largest absolute Gasteiger partial charge is 0.495 e. The van der Waals surface area contributed by atoms with E-state index < -0.39 is 11.9 Å². The summed E-state index contributed by atoms with van der Waals surface area (Å²) >= 11 is 1.66. The summed E-state index contributed by atoms with van der Waals surface area (Å²) in [6.07, 6.45) is 6.55. The zero-order valence-corrected chi connectivity index (χ0v) is 20.0. The minimum Gasteiger partial charge on any atom is -0.495 e. The van der Waals surface area contributed by atoms with E-state index in [1.165, 1.54) is 0 Å². The van der Waals surface area contributed by atoms with Gasteiger partial charge in [-0.1, -0.05) is 18.2 Å². The maximum atomic E-state index is 10.3. The molecule has 176 valence electrons. The van der Waals surface area contributed by atoms with Crippen LogP contribution in [-0.4, -0.2) is 52.4 Å². The Morgan fingerprint density at radius 3 is 1.94 bits per heavy atom. The van der Waals surface area contributed by atoms with E-state index in [2.05, 4.69) is 0 Å². The van der Waals surface area contributed by atoms with Gasteiger partial charge in [0.2, 0.25) is 11.7 Å². The van der Waals surface area contributed by atoms with Crippen molar-refractivity contribution in [3.8, 4) is 23.0 Å². The first-order chi connectivity index (χ1) is 15.3. The summed E-state index contributed by atoms with van der Waals surface area (Å²) in [7, 11) is 6.36. The lowest BCUT2D eigenvalue weighted by Gasteiger charge is -2.12. The second kappa shape index (κ2) is 14.1. The molecule has 0 saturated carbocycles. The molecule has 2 aromatic rings. The first kappa shape index (κ1) is 27.0. The molecule has 0 aliphatic heterocycles. The van der Waals surface area contributed by atoms with Crippen molar-refractivity contribution < 1.29 is 23.7 Å². The molecule has 0 spiro atoms. The van der Waals surface area contributed by atoms with Crippen LogP contribution in [0.3, 0.4) is 0 Å². The standard InChI is InChI=1S/C18H21NO4.C5H12N2OS/c1-20-15-8-7-12(9-14(15)19)5-6-13-10-16(21-2)18(23-4)17(11-13)22-3;1-9-3-2-4(6)5(7)8/h5-11H,19H2,1-4H3;4H,2-3,6H2,1H3,(H2,7,8)/t;4-/m.1/s1. The molecule has 8 nitrogen and oxygen atoms in total. The zero-order valence-electron chi connectivity index (χ0n) is 19.2. The average molecular weight is 464 g/mol. The molecule has 0 radical (unpaired) electrons. The van der Waals surface area contributed by atoms with Crippen LogP contribution in [-0.2, 0) is 4.79 Å². The summed E-state index contributed by atoms with van der Waals surface area (Å²) in [5.41, 5.74) is 18.6. The molecule has 6 N–H and O–H groups in total. The van der Waals surface area contributed by atoms with E-state index in [1.807, 2.05) is 48.7 Å². The summed E-state index contributed by atoms with van der Waals surface area (Å²) < 4.78 is 21.2. The number of carbonyl (C=O) groups excluding carboxylic acids is 1. The van der Waals surface area contributed by atoms with E-state index in [4.69, 9.17) is 36.1 Å². The van der Waals surface area contributed by atoms with Crippen molar-refractivity contribution in [2.45, 2.75) is 12.5 Å². The lowest BCUT2D eigenvalue weighted by atomic mass is 10.1. The predicted octanol–water partition coefficient (Wildman–Crippen LogP) is 3.03. The third-order valence-electron chi connectivity index (χ3n) is 4.41. The summed E-state index contributed by atoms with van der Waals surface area (Å²) in [4.78, 5) is 10.3. The topological polar surface area (TPSA) is 132 Å². The maximum Gasteiger partial charge on any atom is 0.234 e. The van der Waals surface area contributed by atoms with Crippen LogP contribution in [0.15, 0.2) is 30.3 Å². The number of nitrogens with two attached hydrogens (primary N) is 3. The van der Waals surface area contributed by atoms with Crippen molar-refractivity contribution in [3.63, 3.8) is 0 Å². The fraction of sp³-hybridized carbons (Fsp3) is 0.348. The van der Waals surface area contributed by atoms with E-state index in [-0.39, 0.29) is 0 Å². The lowest BCUT2D eigenvalue weighted by Crippen LogP contribution is -2.36. The van der Waals surface area contributed by atoms with Crippen LogP contribution < -0.4 is 36.1 Å². The number of primary amides is 1. The van der Waals surface area contributed by atoms with Crippen LogP contribution in [0, 0.1) is 0 Å². The Balaban J connectivity index is 0.000000482. The maximum absolute atomic E-state index is 10.3. The molecule has 0 aliphatic carbocycles. The zero-order chi connectivity index (χ0) is 24.1. The van der Waals surface area contributed by atoms with Gasteiger partial charge in [-0.05, 0) is 53.8 Å². The highest BCUT2D eigenvalue weighted by Crippen LogP contribution is 2.38. The Labute approximate surface area is 194 Å². The van der Waals surface area contributed by atoms with Crippen molar-refractivity contribution in [1.29, 1.82) is 0 Å². The van der Waals surface area contributed by atoms with Crippen molar-refractivity contribution in [3.05, 3.63) is 41.5 Å². The molecule has 9 heteroatoms. The van der Waals surface area contributed by atoms with Crippen LogP contribution in [0.2, 0.25) is 0 Å². The van der Waals surface area contributed by atoms with Gasteiger partial charge in [0.15, 0.2) is 11.5 Å². The van der Waals surface area contributed by atoms with Gasteiger partial charge in [0.05, 0.1) is 40.2 Å². The number of thioether (sulfide) groups is 1. The van der Waals surface area contributed by atoms with Gasteiger partial charge in [-0.15, -0.1) is 0 Å². The van der Waals surface area contributed by atoms with Crippen LogP contribution in [0.1, 0.15) is 17.5 Å². The molecule has 0 aromatic heterocycles. The van der Waals surface area contributed by atoms with E-state index in [9.17, 15) is 4.79 Å². The van der Waals surface area contributed by atoms with Gasteiger partial charge in [-0.3, -0.25) is 4.79 Å². The molecule has 0 heterocycles. The number of nitrogen functional groups attached to an aromatic ring is 1. The fourth-order valence-corrected chi connectivity index (χ4v) is 3.12. The Bertz CT molecular complexity index is 880. The smallest absolute Gasteiger partial charge is 0.234 e. The van der Waals surface area contributed by atoms with Gasteiger partial charge in [-0.25, -0.2) is 0 Å². The summed E-state index contributed by atoms with van der Waals surface area (Å²) in [5.74, 6) is 2.94. The van der Waals surface area contributed by atoms with Gasteiger partial charge in [0.25, 0.3) is 0 Å². The molecule has 0 fully saturated rings. The van der Waals surface area contributed by atoms with Gasteiger partial charge in [-0.2, -0.15) is 11.8 Å². The normalized spacial score (nSPS) is 11.3. The highest BCUT2D eigenvalue weighted by molar-refractivity contribution is 7.98. The third-order valence-corrected chi connectivity index (χ3v) is 5.05. The second-order valence-corrected chi connectivity index (χ2v) is 7.57. The molecule has 1 atom stereocenters. The molecule has 32 heavy (non-hydrogen) atoms. The summed E-state index contributed by atoms with van der Waals surface area (Å²) in [6, 6.07) is 8.92. The number of hydrogen-bond acceptors (Lipinski definition) is 8. The fourth-order valence-electron chi connectivity index (χ4n) is 2.63. The second-order valence-electron chi connectivity index (χ2n) is 6.58. The molecule has 1 amide bonds. The number of ether oxygens (including phenoxy) is 4. The van der Waals surface area contributed by atoms with Crippen molar-refractivity contribution >= 4 is 35.5 Å². The lowest BCUT2D eigenvalue weighted by molar-refractivity contribution is -0.119. The van der Waals surface area contributed by atoms with E-state index >= 15 is 0 Å². The number of hydrogen-bond donors (Lipinski definition) is 3. The molecule has 0 bridgehead atoms. The number of methoxy groups -OCH3 is 4. The Morgan fingerprint density at radius 1 is 0.938 bits per heavy atom. The molecule has 0 saturated heterocycles. The first-order valence-corrected chi connectivity index (χ1v) is 11.2. The number of anilines is 1. The van der Waals surface area contributed by atoms with Crippen molar-refractivity contribution in [2.24, 2.45) is 11.5 Å². The summed E-state index contributed by atoms with van der Waals surface area (Å²) in [6.45, 7) is 0. The van der Waals surface area contributed by atoms with Crippen molar-refractivity contribution in [2.75, 3.05) is 46.2 Å². The number of amides is 1. The van der Waals surface area contributed by atoms with E-state index in [0.717, 1.165) is 16.9 Å². The highest BCUT2D eigenvalue weighted by Gasteiger charge is 2.12. The molecule has 2 aromatic carbocycles. The first-order valence-electron chi connectivity index (χ1n) is 9.76. The molecule has 2 rings (SSSR count). The minimum absolute atomic E-state index is 0.413. The van der Waals surface area contributed by atoms with Crippen LogP contribution in [0.4, 0.5) is 5.69 Å². The summed E-state index contributed by atoms with van der Waals surface area (Å²) in [5, 5.41) is 0. The van der Waals surface area contributed by atoms with Gasteiger partial charge < -0.3 is 36.1 Å². The van der Waals surface area contributed by atoms with Gasteiger partial charge in [0.1, 0.15) is 5.75 Å². The highest BCUT2D eigenvalue weighted by atomic mass is 32.2. The Hall–Kier alpha value is -3.04. The minimum atomic E-state index is -0.461. The van der Waals surface area contributed by atoms with Crippen LogP contribution >= 0.6 is 11.8 Å². The monoisotopic (exact) mass is 463 g/mol. The number of rotatable bonds is 10. The van der Waals surface area contributed by atoms with Gasteiger partial charge in [0, 0.05) is 0 Å². The van der Waals surface area contributed by atoms with Crippen molar-refractivity contribution in [1.82, 2.24) is 0 Å². The third kappa shape index (κ3) is 8.24. The molecule has 0 aliphatic rings. The van der Waals surface area contributed by atoms with E-state index in [0.29, 0.717) is 35.1 Å². The SMILES string of the molecule is COc1ccc(C=Cc2cc(OC)c(OC)c(OC)c2)cc1N.CSCC[C@@H](N)C(N)=O. The number of benzene rings is 2. The Kier molecular flexibility index (Phi) is 11.9. The number of carbonyl (C=O) groups is 1. The van der Waals surface area contributed by atoms with Crippen LogP contribution in [0.5, 0.6) is 23.0 Å². The Morgan fingerprint density at radius 2 is 1.50 bits per heavy atom. The molecular formula is C23H33N3O5S. The van der Waals surface area contributed by atoms with Gasteiger partial charge >= 0.3 is 0 Å². The molecular weight excluding hydrogens is 430 g/mol. The quantitative estimate of drug-likeness (QED) is 0.362. The molecule has 0 unspecified atom stereocenters. The average Bonchev–Trinajstić information content (AvgIpc) is 2.80.